The molecule has 2 aliphatic rings. The molecule has 0 saturated carbocycles. The SMILES string of the molecule is Cn1cnc2cc(-c3ccc(OCC4CCCN4Cc4ccccc4)cc3)nc(N3CC[C@H](CO)C3)c2c1=O. The Labute approximate surface area is 228 Å². The lowest BCUT2D eigenvalue weighted by Gasteiger charge is -2.24. The molecule has 1 N–H and O–H groups in total. The van der Waals surface area contributed by atoms with Crippen LogP contribution in [0.5, 0.6) is 5.75 Å². The van der Waals surface area contributed by atoms with Crippen molar-refractivity contribution in [1.29, 1.82) is 0 Å². The summed E-state index contributed by atoms with van der Waals surface area (Å²) < 4.78 is 7.72. The molecular formula is C31H35N5O3. The zero-order chi connectivity index (χ0) is 26.8. The molecule has 2 aromatic carbocycles. The van der Waals surface area contributed by atoms with E-state index in [-0.39, 0.29) is 18.1 Å². The third-order valence-corrected chi connectivity index (χ3v) is 8.05. The van der Waals surface area contributed by atoms with Gasteiger partial charge in [0.2, 0.25) is 0 Å². The summed E-state index contributed by atoms with van der Waals surface area (Å²) in [5.74, 6) is 1.67. The third kappa shape index (κ3) is 5.40. The van der Waals surface area contributed by atoms with Crippen LogP contribution in [0.1, 0.15) is 24.8 Å². The Balaban J connectivity index is 1.20. The third-order valence-electron chi connectivity index (χ3n) is 8.05. The number of benzene rings is 2. The van der Waals surface area contributed by atoms with Crippen molar-refractivity contribution >= 4 is 16.7 Å². The summed E-state index contributed by atoms with van der Waals surface area (Å²) in [4.78, 5) is 27.2. The first kappa shape index (κ1) is 25.5. The molecular weight excluding hydrogens is 490 g/mol. The molecule has 4 heterocycles. The number of likely N-dealkylation sites (tertiary alicyclic amines) is 1. The van der Waals surface area contributed by atoms with Gasteiger partial charge in [-0.3, -0.25) is 9.69 Å². The number of fused-ring (bicyclic) bond motifs is 1. The van der Waals surface area contributed by atoms with Gasteiger partial charge in [0.25, 0.3) is 5.56 Å². The Morgan fingerprint density at radius 3 is 2.64 bits per heavy atom. The molecule has 4 aromatic rings. The lowest BCUT2D eigenvalue weighted by Crippen LogP contribution is -2.33. The number of anilines is 1. The summed E-state index contributed by atoms with van der Waals surface area (Å²) in [5, 5.41) is 10.2. The van der Waals surface area contributed by atoms with E-state index in [1.807, 2.05) is 30.3 Å². The summed E-state index contributed by atoms with van der Waals surface area (Å²) in [6.45, 7) is 4.29. The van der Waals surface area contributed by atoms with Crippen LogP contribution in [0.25, 0.3) is 22.2 Å². The minimum Gasteiger partial charge on any atom is -0.492 e. The highest BCUT2D eigenvalue weighted by atomic mass is 16.5. The van der Waals surface area contributed by atoms with E-state index in [1.54, 1.807) is 13.4 Å². The zero-order valence-corrected chi connectivity index (χ0v) is 22.4. The van der Waals surface area contributed by atoms with Crippen molar-refractivity contribution in [2.24, 2.45) is 13.0 Å². The fourth-order valence-corrected chi connectivity index (χ4v) is 5.78. The van der Waals surface area contributed by atoms with Crippen molar-refractivity contribution in [2.45, 2.75) is 31.8 Å². The molecule has 0 amide bonds. The van der Waals surface area contributed by atoms with Crippen LogP contribution in [0.15, 0.2) is 71.8 Å². The van der Waals surface area contributed by atoms with Crippen LogP contribution in [-0.2, 0) is 13.6 Å². The van der Waals surface area contributed by atoms with E-state index in [4.69, 9.17) is 9.72 Å². The van der Waals surface area contributed by atoms with E-state index in [9.17, 15) is 9.90 Å². The standard InChI is InChI=1S/C31H35N5O3/c1-34-21-32-28-16-27(33-30(29(28)31(34)38)36-15-13-23(18-36)19-37)24-9-11-26(12-10-24)39-20-25-8-5-14-35(25)17-22-6-3-2-4-7-22/h2-4,6-7,9-12,16,21,23,25,37H,5,8,13-15,17-20H2,1H3/t23-,25?/m0/s1. The van der Waals surface area contributed by atoms with Crippen molar-refractivity contribution in [1.82, 2.24) is 19.4 Å². The van der Waals surface area contributed by atoms with Crippen molar-refractivity contribution in [3.8, 4) is 17.0 Å². The monoisotopic (exact) mass is 525 g/mol. The number of aliphatic hydroxyl groups is 1. The van der Waals surface area contributed by atoms with E-state index in [2.05, 4.69) is 45.1 Å². The van der Waals surface area contributed by atoms with Crippen molar-refractivity contribution in [3.05, 3.63) is 82.9 Å². The fourth-order valence-electron chi connectivity index (χ4n) is 5.78. The second-order valence-corrected chi connectivity index (χ2v) is 10.8. The predicted molar refractivity (Wildman–Crippen MR) is 153 cm³/mol. The number of ether oxygens (including phenoxy) is 1. The Morgan fingerprint density at radius 2 is 1.87 bits per heavy atom. The second-order valence-electron chi connectivity index (χ2n) is 10.8. The average molecular weight is 526 g/mol. The van der Waals surface area contributed by atoms with Crippen molar-refractivity contribution in [3.63, 3.8) is 0 Å². The van der Waals surface area contributed by atoms with E-state index in [0.29, 0.717) is 35.9 Å². The van der Waals surface area contributed by atoms with Gasteiger partial charge in [0, 0.05) is 50.8 Å². The van der Waals surface area contributed by atoms with Crippen molar-refractivity contribution in [2.75, 3.05) is 37.7 Å². The lowest BCUT2D eigenvalue weighted by atomic mass is 10.1. The van der Waals surface area contributed by atoms with Crippen LogP contribution in [0, 0.1) is 5.92 Å². The van der Waals surface area contributed by atoms with Gasteiger partial charge in [-0.2, -0.15) is 0 Å². The molecule has 2 fully saturated rings. The van der Waals surface area contributed by atoms with Crippen LogP contribution in [0.2, 0.25) is 0 Å². The van der Waals surface area contributed by atoms with E-state index < -0.39 is 0 Å². The van der Waals surface area contributed by atoms with Gasteiger partial charge in [-0.1, -0.05) is 30.3 Å². The molecule has 1 unspecified atom stereocenters. The van der Waals surface area contributed by atoms with Crippen LogP contribution in [0.4, 0.5) is 5.82 Å². The minimum atomic E-state index is -0.113. The Kier molecular flexibility index (Phi) is 7.30. The molecule has 0 spiro atoms. The van der Waals surface area contributed by atoms with E-state index >= 15 is 0 Å². The molecule has 8 nitrogen and oxygen atoms in total. The van der Waals surface area contributed by atoms with Crippen LogP contribution >= 0.6 is 0 Å². The minimum absolute atomic E-state index is 0.113. The number of pyridine rings is 1. The highest BCUT2D eigenvalue weighted by Crippen LogP contribution is 2.31. The van der Waals surface area contributed by atoms with Crippen molar-refractivity contribution < 1.29 is 9.84 Å². The number of aryl methyl sites for hydroxylation is 1. The molecule has 6 rings (SSSR count). The second kappa shape index (κ2) is 11.2. The summed E-state index contributed by atoms with van der Waals surface area (Å²) in [6, 6.07) is 20.9. The lowest BCUT2D eigenvalue weighted by molar-refractivity contribution is 0.167. The molecule has 2 atom stereocenters. The number of hydrogen-bond acceptors (Lipinski definition) is 7. The molecule has 0 aliphatic carbocycles. The number of rotatable bonds is 8. The number of hydrogen-bond donors (Lipinski definition) is 1. The molecule has 2 aromatic heterocycles. The molecule has 39 heavy (non-hydrogen) atoms. The van der Waals surface area contributed by atoms with Crippen LogP contribution in [-0.4, -0.2) is 63.4 Å². The largest absolute Gasteiger partial charge is 0.492 e. The first-order chi connectivity index (χ1) is 19.1. The molecule has 0 bridgehead atoms. The van der Waals surface area contributed by atoms with Gasteiger partial charge in [0.1, 0.15) is 23.6 Å². The van der Waals surface area contributed by atoms with Gasteiger partial charge >= 0.3 is 0 Å². The van der Waals surface area contributed by atoms with Gasteiger partial charge in [-0.25, -0.2) is 9.97 Å². The average Bonchev–Trinajstić information content (AvgIpc) is 3.64. The van der Waals surface area contributed by atoms with Gasteiger partial charge in [-0.15, -0.1) is 0 Å². The highest BCUT2D eigenvalue weighted by Gasteiger charge is 2.27. The summed E-state index contributed by atoms with van der Waals surface area (Å²) in [5.41, 5.74) is 3.56. The first-order valence-electron chi connectivity index (χ1n) is 13.8. The maximum atomic E-state index is 13.0. The summed E-state index contributed by atoms with van der Waals surface area (Å²) in [7, 11) is 1.71. The molecule has 2 saturated heterocycles. The number of aliphatic hydroxyl groups excluding tert-OH is 1. The van der Waals surface area contributed by atoms with Gasteiger partial charge in [0.15, 0.2) is 0 Å². The maximum absolute atomic E-state index is 13.0. The van der Waals surface area contributed by atoms with E-state index in [0.717, 1.165) is 49.5 Å². The Bertz CT molecular complexity index is 1490. The maximum Gasteiger partial charge on any atom is 0.264 e. The van der Waals surface area contributed by atoms with Crippen LogP contribution in [0.3, 0.4) is 0 Å². The van der Waals surface area contributed by atoms with Gasteiger partial charge < -0.3 is 19.3 Å². The normalized spacial score (nSPS) is 19.7. The smallest absolute Gasteiger partial charge is 0.264 e. The zero-order valence-electron chi connectivity index (χ0n) is 22.4. The Morgan fingerprint density at radius 1 is 1.05 bits per heavy atom. The molecule has 0 radical (unpaired) electrons. The summed E-state index contributed by atoms with van der Waals surface area (Å²) >= 11 is 0. The first-order valence-corrected chi connectivity index (χ1v) is 13.8. The predicted octanol–water partition coefficient (Wildman–Crippen LogP) is 3.86. The highest BCUT2D eigenvalue weighted by molar-refractivity contribution is 5.92. The number of aromatic nitrogens is 3. The fraction of sp³-hybridized carbons (Fsp3) is 0.387. The van der Waals surface area contributed by atoms with Gasteiger partial charge in [0.05, 0.1) is 17.5 Å². The molecule has 8 heteroatoms. The summed E-state index contributed by atoms with van der Waals surface area (Å²) in [6.07, 6.45) is 4.78. The van der Waals surface area contributed by atoms with E-state index in [1.165, 1.54) is 16.6 Å². The van der Waals surface area contributed by atoms with Crippen LogP contribution < -0.4 is 15.2 Å². The topological polar surface area (TPSA) is 83.7 Å². The van der Waals surface area contributed by atoms with Gasteiger partial charge in [-0.05, 0) is 61.7 Å². The quantitative estimate of drug-likeness (QED) is 0.374. The molecule has 202 valence electrons. The molecule has 2 aliphatic heterocycles. The Hall–Kier alpha value is -3.75. The number of nitrogens with zero attached hydrogens (tertiary/aromatic N) is 5.